The largest absolute Gasteiger partial charge is 0.281 e. The molecule has 2 aromatic heterocycles. The number of hydrogen-bond donors (Lipinski definition) is 1. The summed E-state index contributed by atoms with van der Waals surface area (Å²) in [4.78, 5) is 14.6. The van der Waals surface area contributed by atoms with Gasteiger partial charge in [-0.25, -0.2) is 5.43 Å². The molecule has 0 aliphatic carbocycles. The highest BCUT2D eigenvalue weighted by Gasteiger charge is 2.05. The highest BCUT2D eigenvalue weighted by atomic mass is 32.1. The predicted molar refractivity (Wildman–Crippen MR) is 73.1 cm³/mol. The zero-order valence-corrected chi connectivity index (χ0v) is 11.2. The second-order valence-corrected chi connectivity index (χ2v) is 5.76. The van der Waals surface area contributed by atoms with Gasteiger partial charge in [0, 0.05) is 4.88 Å². The van der Waals surface area contributed by atoms with Crippen molar-refractivity contribution < 1.29 is 4.79 Å². The number of nitrogens with zero attached hydrogens (tertiary/aromatic N) is 1. The predicted octanol–water partition coefficient (Wildman–Crippen LogP) is 3.27. The summed E-state index contributed by atoms with van der Waals surface area (Å²) < 4.78 is 0. The molecule has 2 aromatic rings. The molecule has 0 saturated carbocycles. The summed E-state index contributed by atoms with van der Waals surface area (Å²) in [5, 5.41) is 5.97. The van der Waals surface area contributed by atoms with Crippen molar-refractivity contribution in [3.05, 3.63) is 44.3 Å². The Morgan fingerprint density at radius 3 is 2.71 bits per heavy atom. The molecule has 3 nitrogen and oxygen atoms in total. The number of amides is 1. The Hall–Kier alpha value is -1.46. The molecule has 0 atom stereocenters. The van der Waals surface area contributed by atoms with E-state index in [0.29, 0.717) is 4.88 Å². The van der Waals surface area contributed by atoms with Crippen molar-refractivity contribution in [1.29, 1.82) is 0 Å². The Kier molecular flexibility index (Phi) is 3.71. The summed E-state index contributed by atoms with van der Waals surface area (Å²) >= 11 is 3.07. The van der Waals surface area contributed by atoms with Gasteiger partial charge in [0.15, 0.2) is 0 Å². The molecule has 0 aliphatic rings. The summed E-state index contributed by atoms with van der Waals surface area (Å²) in [6.07, 6.45) is 0. The maximum absolute atomic E-state index is 11.6. The number of carbonyl (C=O) groups excluding carboxylic acids is 1. The van der Waals surface area contributed by atoms with E-state index < -0.39 is 0 Å². The summed E-state index contributed by atoms with van der Waals surface area (Å²) in [5.41, 5.74) is 3.39. The molecule has 1 amide bonds. The van der Waals surface area contributed by atoms with Crippen LogP contribution in [0.15, 0.2) is 34.7 Å². The lowest BCUT2D eigenvalue weighted by Gasteiger charge is -1.98. The van der Waals surface area contributed by atoms with Gasteiger partial charge in [0.1, 0.15) is 0 Å². The second-order valence-electron chi connectivity index (χ2n) is 3.53. The third kappa shape index (κ3) is 3.01. The van der Waals surface area contributed by atoms with E-state index >= 15 is 0 Å². The molecular formula is C12H12N2OS2. The van der Waals surface area contributed by atoms with Crippen LogP contribution in [0.3, 0.4) is 0 Å². The van der Waals surface area contributed by atoms with Gasteiger partial charge in [0.05, 0.1) is 15.5 Å². The number of carbonyl (C=O) groups is 1. The van der Waals surface area contributed by atoms with Crippen LogP contribution in [0.25, 0.3) is 0 Å². The van der Waals surface area contributed by atoms with Gasteiger partial charge in [-0.2, -0.15) is 5.10 Å². The minimum absolute atomic E-state index is 0.160. The number of rotatable bonds is 3. The number of thiophene rings is 2. The number of aryl methyl sites for hydroxylation is 1. The summed E-state index contributed by atoms with van der Waals surface area (Å²) in [7, 11) is 0. The fraction of sp³-hybridized carbons (Fsp3) is 0.167. The molecule has 0 aromatic carbocycles. The van der Waals surface area contributed by atoms with Crippen molar-refractivity contribution in [2.45, 2.75) is 13.8 Å². The van der Waals surface area contributed by atoms with E-state index in [1.54, 1.807) is 17.4 Å². The zero-order chi connectivity index (χ0) is 12.3. The van der Waals surface area contributed by atoms with Gasteiger partial charge in [-0.15, -0.1) is 22.7 Å². The monoisotopic (exact) mass is 264 g/mol. The van der Waals surface area contributed by atoms with E-state index in [2.05, 4.69) is 10.5 Å². The Bertz CT molecular complexity index is 541. The van der Waals surface area contributed by atoms with Crippen LogP contribution >= 0.6 is 22.7 Å². The van der Waals surface area contributed by atoms with Crippen LogP contribution in [0, 0.1) is 6.92 Å². The maximum atomic E-state index is 11.6. The molecule has 0 bridgehead atoms. The third-order valence-corrected chi connectivity index (χ3v) is 4.15. The fourth-order valence-electron chi connectivity index (χ4n) is 1.28. The number of hydrogen-bond acceptors (Lipinski definition) is 4. The molecule has 0 fully saturated rings. The normalized spacial score (nSPS) is 11.5. The van der Waals surface area contributed by atoms with Crippen LogP contribution in [0.1, 0.15) is 26.3 Å². The van der Waals surface area contributed by atoms with Gasteiger partial charge in [0.25, 0.3) is 5.91 Å². The standard InChI is InChI=1S/C12H12N2OS2/c1-8-5-6-10(17-8)9(2)13-14-12(15)11-4-3-7-16-11/h3-7H,1-2H3,(H,14,15)/b13-9-. The quantitative estimate of drug-likeness (QED) is 0.671. The Morgan fingerprint density at radius 2 is 2.12 bits per heavy atom. The lowest BCUT2D eigenvalue weighted by Crippen LogP contribution is -2.17. The van der Waals surface area contributed by atoms with E-state index in [-0.39, 0.29) is 5.91 Å². The maximum Gasteiger partial charge on any atom is 0.281 e. The molecule has 17 heavy (non-hydrogen) atoms. The molecule has 0 unspecified atom stereocenters. The molecule has 2 rings (SSSR count). The average Bonchev–Trinajstić information content (AvgIpc) is 2.95. The molecule has 1 N–H and O–H groups in total. The molecule has 2 heterocycles. The lowest BCUT2D eigenvalue weighted by molar-refractivity contribution is 0.0959. The molecule has 0 saturated heterocycles. The summed E-state index contributed by atoms with van der Waals surface area (Å²) in [5.74, 6) is -0.160. The van der Waals surface area contributed by atoms with Crippen molar-refractivity contribution in [1.82, 2.24) is 5.43 Å². The molecule has 0 aliphatic heterocycles. The van der Waals surface area contributed by atoms with Gasteiger partial charge in [0.2, 0.25) is 0 Å². The lowest BCUT2D eigenvalue weighted by atomic mass is 10.3. The Balaban J connectivity index is 2.04. The summed E-state index contributed by atoms with van der Waals surface area (Å²) in [6, 6.07) is 7.68. The van der Waals surface area contributed by atoms with Gasteiger partial charge in [-0.3, -0.25) is 4.79 Å². The van der Waals surface area contributed by atoms with E-state index in [9.17, 15) is 4.79 Å². The van der Waals surface area contributed by atoms with Gasteiger partial charge in [-0.05, 0) is 37.4 Å². The molecule has 88 valence electrons. The van der Waals surface area contributed by atoms with Crippen LogP contribution in [-0.4, -0.2) is 11.6 Å². The Morgan fingerprint density at radius 1 is 1.29 bits per heavy atom. The van der Waals surface area contributed by atoms with Crippen LogP contribution in [0.5, 0.6) is 0 Å². The second kappa shape index (κ2) is 5.25. The zero-order valence-electron chi connectivity index (χ0n) is 9.56. The van der Waals surface area contributed by atoms with E-state index in [4.69, 9.17) is 0 Å². The molecule has 5 heteroatoms. The van der Waals surface area contributed by atoms with E-state index in [0.717, 1.165) is 10.6 Å². The number of nitrogens with one attached hydrogen (secondary N) is 1. The van der Waals surface area contributed by atoms with Gasteiger partial charge in [-0.1, -0.05) is 6.07 Å². The fourth-order valence-corrected chi connectivity index (χ4v) is 2.71. The number of hydrazone groups is 1. The minimum atomic E-state index is -0.160. The topological polar surface area (TPSA) is 41.5 Å². The first-order valence-corrected chi connectivity index (χ1v) is 6.81. The van der Waals surface area contributed by atoms with Gasteiger partial charge >= 0.3 is 0 Å². The average molecular weight is 264 g/mol. The first kappa shape index (κ1) is 12.0. The van der Waals surface area contributed by atoms with Crippen LogP contribution in [-0.2, 0) is 0 Å². The smallest absolute Gasteiger partial charge is 0.266 e. The van der Waals surface area contributed by atoms with Crippen LogP contribution in [0.4, 0.5) is 0 Å². The van der Waals surface area contributed by atoms with Crippen molar-refractivity contribution in [2.24, 2.45) is 5.10 Å². The first-order valence-electron chi connectivity index (χ1n) is 5.12. The van der Waals surface area contributed by atoms with Crippen molar-refractivity contribution >= 4 is 34.3 Å². The molecule has 0 radical (unpaired) electrons. The van der Waals surface area contributed by atoms with Crippen molar-refractivity contribution in [3.63, 3.8) is 0 Å². The molecular weight excluding hydrogens is 252 g/mol. The first-order chi connectivity index (χ1) is 8.16. The van der Waals surface area contributed by atoms with Crippen LogP contribution in [0.2, 0.25) is 0 Å². The Labute approximate surface area is 108 Å². The van der Waals surface area contributed by atoms with E-state index in [1.807, 2.05) is 37.4 Å². The highest BCUT2D eigenvalue weighted by molar-refractivity contribution is 7.14. The summed E-state index contributed by atoms with van der Waals surface area (Å²) in [6.45, 7) is 3.94. The van der Waals surface area contributed by atoms with E-state index in [1.165, 1.54) is 16.2 Å². The van der Waals surface area contributed by atoms with Crippen molar-refractivity contribution in [2.75, 3.05) is 0 Å². The van der Waals surface area contributed by atoms with Gasteiger partial charge < -0.3 is 0 Å². The van der Waals surface area contributed by atoms with Crippen LogP contribution < -0.4 is 5.43 Å². The molecule has 0 spiro atoms. The minimum Gasteiger partial charge on any atom is -0.266 e. The highest BCUT2D eigenvalue weighted by Crippen LogP contribution is 2.15. The SMILES string of the molecule is C/C(=N/NC(=O)c1cccs1)c1ccc(C)s1. The van der Waals surface area contributed by atoms with Crippen molar-refractivity contribution in [3.8, 4) is 0 Å². The third-order valence-electron chi connectivity index (χ3n) is 2.17.